The number of hydrogen-bond donors (Lipinski definition) is 3. The molecule has 0 saturated carbocycles. The average molecular weight is 204 g/mol. The molecule has 13 heavy (non-hydrogen) atoms. The van der Waals surface area contributed by atoms with E-state index >= 15 is 0 Å². The first-order valence-electron chi connectivity index (χ1n) is 2.54. The van der Waals surface area contributed by atoms with Gasteiger partial charge in [0.15, 0.2) is 0 Å². The molecule has 0 radical (unpaired) electrons. The van der Waals surface area contributed by atoms with E-state index in [1.807, 2.05) is 0 Å². The van der Waals surface area contributed by atoms with Gasteiger partial charge >= 0.3 is 0 Å². The molecule has 0 saturated heterocycles. The van der Waals surface area contributed by atoms with Crippen LogP contribution < -0.4 is 11.7 Å². The van der Waals surface area contributed by atoms with Gasteiger partial charge in [0.1, 0.15) is 0 Å². The molecule has 0 rings (SSSR count). The second-order valence-corrected chi connectivity index (χ2v) is 2.21. The molecular formula is H5N12P. The van der Waals surface area contributed by atoms with Crippen molar-refractivity contribution >= 4 is 7.66 Å². The highest BCUT2D eigenvalue weighted by atomic mass is 31.1. The molecular weight excluding hydrogens is 199 g/mol. The second kappa shape index (κ2) is 8.00. The van der Waals surface area contributed by atoms with Gasteiger partial charge in [-0.1, -0.05) is 25.0 Å². The van der Waals surface area contributed by atoms with Crippen LogP contribution in [0.1, 0.15) is 0 Å². The highest BCUT2D eigenvalue weighted by molar-refractivity contribution is 7.34. The fourth-order valence-electron chi connectivity index (χ4n) is 0.227. The molecule has 0 aromatic carbocycles. The zero-order valence-electron chi connectivity index (χ0n) is 6.13. The molecule has 70 valence electrons. The Bertz CT molecular complexity index is 275. The van der Waals surface area contributed by atoms with Crippen LogP contribution in [0.25, 0.3) is 0 Å². The zero-order chi connectivity index (χ0) is 9.94. The highest BCUT2D eigenvalue weighted by Gasteiger charge is 1.80. The summed E-state index contributed by atoms with van der Waals surface area (Å²) in [6.07, 6.45) is 0. The van der Waals surface area contributed by atoms with Crippen LogP contribution in [0.2, 0.25) is 0 Å². The highest BCUT2D eigenvalue weighted by Crippen LogP contribution is 2.18. The Morgan fingerprint density at radius 1 is 0.923 bits per heavy atom. The predicted molar refractivity (Wildman–Crippen MR) is 39.9 cm³/mol. The molecule has 0 aliphatic heterocycles. The van der Waals surface area contributed by atoms with Crippen molar-refractivity contribution in [3.63, 3.8) is 0 Å². The quantitative estimate of drug-likeness (QED) is 0.271. The SMILES string of the molecule is N=N/N=N/P(=N\N=N\N)=N\N=N\N. The van der Waals surface area contributed by atoms with Gasteiger partial charge in [-0.25, -0.2) is 0 Å². The summed E-state index contributed by atoms with van der Waals surface area (Å²) in [5.74, 6) is 9.31. The van der Waals surface area contributed by atoms with Gasteiger partial charge in [0.25, 0.3) is 7.66 Å². The summed E-state index contributed by atoms with van der Waals surface area (Å²) < 4.78 is 0. The monoisotopic (exact) mass is 204 g/mol. The van der Waals surface area contributed by atoms with Gasteiger partial charge < -0.3 is 11.7 Å². The van der Waals surface area contributed by atoms with Crippen LogP contribution in [0.3, 0.4) is 0 Å². The van der Waals surface area contributed by atoms with Crippen molar-refractivity contribution in [1.29, 1.82) is 5.53 Å². The molecule has 12 nitrogen and oxygen atoms in total. The van der Waals surface area contributed by atoms with Crippen molar-refractivity contribution in [2.45, 2.75) is 0 Å². The summed E-state index contributed by atoms with van der Waals surface area (Å²) in [4.78, 5) is 9.97. The Morgan fingerprint density at radius 2 is 1.46 bits per heavy atom. The smallest absolute Gasteiger partial charge is 0.261 e. The number of rotatable bonds is 4. The molecule has 0 aliphatic rings. The van der Waals surface area contributed by atoms with Crippen LogP contribution in [0, 0.1) is 5.53 Å². The molecule has 5 N–H and O–H groups in total. The minimum Gasteiger partial charge on any atom is -0.303 e. The summed E-state index contributed by atoms with van der Waals surface area (Å²) >= 11 is 0. The number of hydrogen-bond acceptors (Lipinski definition) is 3. The fraction of sp³-hybridized carbons (Fsp3) is 0. The third kappa shape index (κ3) is 6.30. The molecule has 0 aromatic rings. The minimum absolute atomic E-state index is 1.76. The van der Waals surface area contributed by atoms with Gasteiger partial charge in [0, 0.05) is 0 Å². The summed E-state index contributed by atoms with van der Waals surface area (Å²) in [5.41, 5.74) is 6.28. The van der Waals surface area contributed by atoms with Crippen molar-refractivity contribution < 1.29 is 0 Å². The van der Waals surface area contributed by atoms with Crippen LogP contribution in [0.15, 0.2) is 45.9 Å². The van der Waals surface area contributed by atoms with Crippen molar-refractivity contribution in [3.8, 4) is 0 Å². The molecule has 0 unspecified atom stereocenters. The van der Waals surface area contributed by atoms with Gasteiger partial charge in [-0.3, -0.25) is 0 Å². The van der Waals surface area contributed by atoms with Crippen molar-refractivity contribution in [2.24, 2.45) is 57.6 Å². The predicted octanol–water partition coefficient (Wildman–Crippen LogP) is 1.63. The number of nitrogens with zero attached hydrogens (tertiary/aromatic N) is 9. The Labute approximate surface area is 71.8 Å². The minimum atomic E-state index is -1.76. The molecule has 0 aliphatic carbocycles. The van der Waals surface area contributed by atoms with E-state index in [4.69, 9.17) is 5.53 Å². The summed E-state index contributed by atoms with van der Waals surface area (Å²) in [6, 6.07) is 0. The third-order valence-corrected chi connectivity index (χ3v) is 1.23. The van der Waals surface area contributed by atoms with Crippen molar-refractivity contribution in [1.82, 2.24) is 0 Å². The standard InChI is InChI=1S/H5N12P/c1-4-7-10-13(11-8-5-2)12-9-6-3/h1H,(H2,2,8)(H2,3,9)/b4-1?,10-7+. The third-order valence-electron chi connectivity index (χ3n) is 0.508. The number of nitrogens with one attached hydrogen (secondary N) is 1. The second-order valence-electron chi connectivity index (χ2n) is 1.14. The van der Waals surface area contributed by atoms with Gasteiger partial charge in [-0.2, -0.15) is 5.53 Å². The lowest BCUT2D eigenvalue weighted by Crippen LogP contribution is -1.71. The normalized spacial score (nSPS) is 13.7. The number of nitrogens with two attached hydrogens (primary N) is 2. The zero-order valence-corrected chi connectivity index (χ0v) is 7.02. The Balaban J connectivity index is 4.73. The van der Waals surface area contributed by atoms with Crippen LogP contribution >= 0.6 is 7.66 Å². The summed E-state index contributed by atoms with van der Waals surface area (Å²) in [7, 11) is -1.76. The molecule has 0 atom stereocenters. The Kier molecular flexibility index (Phi) is 6.71. The van der Waals surface area contributed by atoms with Gasteiger partial charge in [-0.15, -0.1) is 0 Å². The van der Waals surface area contributed by atoms with E-state index in [-0.39, 0.29) is 0 Å². The molecule has 0 fully saturated rings. The first-order chi connectivity index (χ1) is 6.35. The maximum atomic E-state index is 6.28. The van der Waals surface area contributed by atoms with Crippen LogP contribution in [-0.2, 0) is 0 Å². The van der Waals surface area contributed by atoms with Gasteiger partial charge in [-0.05, 0) is 20.9 Å². The van der Waals surface area contributed by atoms with E-state index in [2.05, 4.69) is 57.6 Å². The van der Waals surface area contributed by atoms with E-state index in [0.717, 1.165) is 0 Å². The Morgan fingerprint density at radius 3 is 1.85 bits per heavy atom. The molecule has 0 aromatic heterocycles. The summed E-state index contributed by atoms with van der Waals surface area (Å²) in [6.45, 7) is 0. The lowest BCUT2D eigenvalue weighted by Gasteiger charge is -1.75. The lowest BCUT2D eigenvalue weighted by atomic mass is 12.6. The van der Waals surface area contributed by atoms with Crippen molar-refractivity contribution in [2.75, 3.05) is 0 Å². The molecule has 0 amide bonds. The van der Waals surface area contributed by atoms with Crippen LogP contribution in [-0.4, -0.2) is 0 Å². The molecule has 0 bridgehead atoms. The molecule has 0 heterocycles. The average Bonchev–Trinajstić information content (AvgIpc) is 2.17. The van der Waals surface area contributed by atoms with E-state index in [9.17, 15) is 0 Å². The van der Waals surface area contributed by atoms with Gasteiger partial charge in [0.05, 0.1) is 0 Å². The first kappa shape index (κ1) is 10.9. The maximum Gasteiger partial charge on any atom is 0.261 e. The largest absolute Gasteiger partial charge is 0.303 e. The Hall–Kier alpha value is -2.10. The fourth-order valence-corrected chi connectivity index (χ4v) is 0.682. The summed E-state index contributed by atoms with van der Waals surface area (Å²) in [5, 5.41) is 17.3. The van der Waals surface area contributed by atoms with E-state index in [1.54, 1.807) is 0 Å². The van der Waals surface area contributed by atoms with Gasteiger partial charge in [0.2, 0.25) is 0 Å². The van der Waals surface area contributed by atoms with E-state index < -0.39 is 7.66 Å². The topological polar surface area (TPSA) is 187 Å². The van der Waals surface area contributed by atoms with E-state index in [1.165, 1.54) is 0 Å². The van der Waals surface area contributed by atoms with Crippen LogP contribution in [0.5, 0.6) is 0 Å². The van der Waals surface area contributed by atoms with E-state index in [0.29, 0.717) is 0 Å². The van der Waals surface area contributed by atoms with Crippen LogP contribution in [0.4, 0.5) is 0 Å². The first-order valence-corrected chi connectivity index (χ1v) is 3.74. The lowest BCUT2D eigenvalue weighted by molar-refractivity contribution is 0.918. The maximum absolute atomic E-state index is 6.28. The molecule has 13 heteroatoms. The van der Waals surface area contributed by atoms with Crippen molar-refractivity contribution in [3.05, 3.63) is 0 Å². The molecule has 0 spiro atoms.